The molecule has 1 aromatic carbocycles. The lowest BCUT2D eigenvalue weighted by Crippen LogP contribution is -2.46. The Morgan fingerprint density at radius 1 is 1.42 bits per heavy atom. The minimum absolute atomic E-state index is 0.234. The summed E-state index contributed by atoms with van der Waals surface area (Å²) in [5.74, 6) is 0. The van der Waals surface area contributed by atoms with E-state index in [1.807, 2.05) is 0 Å². The molecule has 5 nitrogen and oxygen atoms in total. The molecule has 0 bridgehead atoms. The van der Waals surface area contributed by atoms with E-state index in [4.69, 9.17) is 23.2 Å². The van der Waals surface area contributed by atoms with Crippen LogP contribution in [0.1, 0.15) is 0 Å². The maximum absolute atomic E-state index is 12.0. The van der Waals surface area contributed by atoms with E-state index in [9.17, 15) is 9.90 Å². The van der Waals surface area contributed by atoms with Crippen LogP contribution in [0.3, 0.4) is 0 Å². The van der Waals surface area contributed by atoms with Crippen molar-refractivity contribution >= 4 is 34.9 Å². The standard InChI is InChI=1S/C12H15Cl2N3O2/c1-17(10-5-15-6-11(10)18)12(19)16-7-2-3-8(13)9(14)4-7/h2-4,10-11,15,18H,5-6H2,1H3,(H,16,19)/t10-,11-/m1/s1. The van der Waals surface area contributed by atoms with Crippen LogP contribution in [0.25, 0.3) is 0 Å². The molecule has 1 saturated heterocycles. The first-order chi connectivity index (χ1) is 8.99. The molecule has 1 heterocycles. The molecule has 0 aliphatic carbocycles. The fourth-order valence-corrected chi connectivity index (χ4v) is 2.28. The van der Waals surface area contributed by atoms with Crippen molar-refractivity contribution in [2.24, 2.45) is 0 Å². The summed E-state index contributed by atoms with van der Waals surface area (Å²) in [5.41, 5.74) is 0.562. The van der Waals surface area contributed by atoms with Crippen LogP contribution in [-0.2, 0) is 0 Å². The van der Waals surface area contributed by atoms with Crippen LogP contribution >= 0.6 is 23.2 Å². The number of nitrogens with zero attached hydrogens (tertiary/aromatic N) is 1. The van der Waals surface area contributed by atoms with Gasteiger partial charge < -0.3 is 20.6 Å². The van der Waals surface area contributed by atoms with Crippen molar-refractivity contribution in [1.82, 2.24) is 10.2 Å². The van der Waals surface area contributed by atoms with E-state index in [0.717, 1.165) is 0 Å². The largest absolute Gasteiger partial charge is 0.390 e. The summed E-state index contributed by atoms with van der Waals surface area (Å²) in [7, 11) is 1.65. The number of hydrogen-bond acceptors (Lipinski definition) is 3. The van der Waals surface area contributed by atoms with Gasteiger partial charge in [0, 0.05) is 25.8 Å². The zero-order valence-electron chi connectivity index (χ0n) is 10.4. The molecule has 0 saturated carbocycles. The number of nitrogens with one attached hydrogen (secondary N) is 2. The van der Waals surface area contributed by atoms with Crippen LogP contribution in [0.5, 0.6) is 0 Å². The normalized spacial score (nSPS) is 22.3. The van der Waals surface area contributed by atoms with Crippen LogP contribution in [-0.4, -0.2) is 48.3 Å². The Labute approximate surface area is 121 Å². The van der Waals surface area contributed by atoms with Gasteiger partial charge >= 0.3 is 6.03 Å². The summed E-state index contributed by atoms with van der Waals surface area (Å²) in [5, 5.41) is 16.3. The fraction of sp³-hybridized carbons (Fsp3) is 0.417. The number of anilines is 1. The van der Waals surface area contributed by atoms with Gasteiger partial charge in [0.1, 0.15) is 0 Å². The van der Waals surface area contributed by atoms with Crippen LogP contribution in [0, 0.1) is 0 Å². The summed E-state index contributed by atoms with van der Waals surface area (Å²) in [6, 6.07) is 4.34. The van der Waals surface area contributed by atoms with Crippen molar-refractivity contribution in [2.75, 3.05) is 25.5 Å². The van der Waals surface area contributed by atoms with Gasteiger partial charge in [0.15, 0.2) is 0 Å². The molecule has 19 heavy (non-hydrogen) atoms. The lowest BCUT2D eigenvalue weighted by atomic mass is 10.2. The van der Waals surface area contributed by atoms with Gasteiger partial charge in [-0.2, -0.15) is 0 Å². The molecule has 0 spiro atoms. The second-order valence-electron chi connectivity index (χ2n) is 4.46. The van der Waals surface area contributed by atoms with Gasteiger partial charge in [0.2, 0.25) is 0 Å². The van der Waals surface area contributed by atoms with Crippen molar-refractivity contribution in [2.45, 2.75) is 12.1 Å². The van der Waals surface area contributed by atoms with E-state index in [-0.39, 0.29) is 12.1 Å². The zero-order chi connectivity index (χ0) is 14.0. The highest BCUT2D eigenvalue weighted by atomic mass is 35.5. The maximum Gasteiger partial charge on any atom is 0.321 e. The zero-order valence-corrected chi connectivity index (χ0v) is 11.9. The van der Waals surface area contributed by atoms with Gasteiger partial charge in [-0.3, -0.25) is 0 Å². The third-order valence-electron chi connectivity index (χ3n) is 3.14. The Kier molecular flexibility index (Phi) is 4.52. The summed E-state index contributed by atoms with van der Waals surface area (Å²) in [6.07, 6.45) is -0.551. The summed E-state index contributed by atoms with van der Waals surface area (Å²) < 4.78 is 0. The molecule has 1 aromatic rings. The molecule has 2 rings (SSSR count). The number of rotatable bonds is 2. The Morgan fingerprint density at radius 2 is 2.16 bits per heavy atom. The monoisotopic (exact) mass is 303 g/mol. The van der Waals surface area contributed by atoms with Crippen molar-refractivity contribution in [3.63, 3.8) is 0 Å². The number of likely N-dealkylation sites (N-methyl/N-ethyl adjacent to an activating group) is 1. The smallest absolute Gasteiger partial charge is 0.321 e. The molecule has 1 aliphatic rings. The van der Waals surface area contributed by atoms with E-state index in [2.05, 4.69) is 10.6 Å². The second-order valence-corrected chi connectivity index (χ2v) is 5.28. The first kappa shape index (κ1) is 14.4. The predicted molar refractivity (Wildman–Crippen MR) is 75.9 cm³/mol. The van der Waals surface area contributed by atoms with E-state index in [1.54, 1.807) is 25.2 Å². The van der Waals surface area contributed by atoms with Crippen LogP contribution in [0.15, 0.2) is 18.2 Å². The topological polar surface area (TPSA) is 64.6 Å². The SMILES string of the molecule is CN(C(=O)Nc1ccc(Cl)c(Cl)c1)[C@@H]1CNC[C@H]1O. The van der Waals surface area contributed by atoms with Crippen molar-refractivity contribution in [1.29, 1.82) is 0 Å². The fourth-order valence-electron chi connectivity index (χ4n) is 1.98. The quantitative estimate of drug-likeness (QED) is 0.780. The second kappa shape index (κ2) is 5.96. The van der Waals surface area contributed by atoms with Gasteiger partial charge in [-0.1, -0.05) is 23.2 Å². The first-order valence-corrected chi connectivity index (χ1v) is 6.62. The van der Waals surface area contributed by atoms with Gasteiger partial charge in [0.05, 0.1) is 22.2 Å². The molecule has 1 aliphatic heterocycles. The van der Waals surface area contributed by atoms with E-state index >= 15 is 0 Å². The number of carbonyl (C=O) groups excluding carboxylic acids is 1. The van der Waals surface area contributed by atoms with Gasteiger partial charge in [-0.05, 0) is 18.2 Å². The number of halogens is 2. The number of hydrogen-bond donors (Lipinski definition) is 3. The lowest BCUT2D eigenvalue weighted by Gasteiger charge is -2.26. The number of benzene rings is 1. The molecular formula is C12H15Cl2N3O2. The lowest BCUT2D eigenvalue weighted by molar-refractivity contribution is 0.115. The summed E-state index contributed by atoms with van der Waals surface area (Å²) >= 11 is 11.7. The molecular weight excluding hydrogens is 289 g/mol. The molecule has 104 valence electrons. The molecule has 0 unspecified atom stereocenters. The highest BCUT2D eigenvalue weighted by Gasteiger charge is 2.31. The van der Waals surface area contributed by atoms with Crippen LogP contribution in [0.4, 0.5) is 10.5 Å². The van der Waals surface area contributed by atoms with Crippen LogP contribution in [0.2, 0.25) is 10.0 Å². The number of urea groups is 1. The minimum atomic E-state index is -0.551. The highest BCUT2D eigenvalue weighted by molar-refractivity contribution is 6.42. The van der Waals surface area contributed by atoms with E-state index in [0.29, 0.717) is 28.8 Å². The van der Waals surface area contributed by atoms with Gasteiger partial charge in [-0.25, -0.2) is 4.79 Å². The Hall–Kier alpha value is -1.01. The average molecular weight is 304 g/mol. The Bertz CT molecular complexity index is 484. The molecule has 1 fully saturated rings. The van der Waals surface area contributed by atoms with E-state index in [1.165, 1.54) is 4.90 Å². The summed E-state index contributed by atoms with van der Waals surface area (Å²) in [4.78, 5) is 13.5. The highest BCUT2D eigenvalue weighted by Crippen LogP contribution is 2.25. The number of aliphatic hydroxyl groups is 1. The summed E-state index contributed by atoms with van der Waals surface area (Å²) in [6.45, 7) is 1.07. The number of carbonyl (C=O) groups is 1. The van der Waals surface area contributed by atoms with Crippen LogP contribution < -0.4 is 10.6 Å². The molecule has 3 N–H and O–H groups in total. The number of aliphatic hydroxyl groups excluding tert-OH is 1. The first-order valence-electron chi connectivity index (χ1n) is 5.86. The Morgan fingerprint density at radius 3 is 2.74 bits per heavy atom. The minimum Gasteiger partial charge on any atom is -0.390 e. The third-order valence-corrected chi connectivity index (χ3v) is 3.88. The van der Waals surface area contributed by atoms with Gasteiger partial charge in [0.25, 0.3) is 0 Å². The van der Waals surface area contributed by atoms with Gasteiger partial charge in [-0.15, -0.1) is 0 Å². The van der Waals surface area contributed by atoms with Crippen molar-refractivity contribution in [3.8, 4) is 0 Å². The molecule has 2 amide bonds. The predicted octanol–water partition coefficient (Wildman–Crippen LogP) is 1.79. The third kappa shape index (κ3) is 3.30. The Balaban J connectivity index is 2.02. The molecule has 0 radical (unpaired) electrons. The van der Waals surface area contributed by atoms with Crippen molar-refractivity contribution < 1.29 is 9.90 Å². The number of β-amino-alcohol motifs (C(OH)–C–C–N with tert-alkyl or cyclic N) is 1. The average Bonchev–Trinajstić information content (AvgIpc) is 2.79. The molecule has 0 aromatic heterocycles. The molecule has 7 heteroatoms. The van der Waals surface area contributed by atoms with Crippen molar-refractivity contribution in [3.05, 3.63) is 28.2 Å². The maximum atomic E-state index is 12.0. The number of amides is 2. The molecule has 2 atom stereocenters. The van der Waals surface area contributed by atoms with E-state index < -0.39 is 6.10 Å².